The van der Waals surface area contributed by atoms with E-state index >= 15 is 0 Å². The number of amides is 1. The van der Waals surface area contributed by atoms with E-state index in [1.54, 1.807) is 7.11 Å². The van der Waals surface area contributed by atoms with Crippen LogP contribution in [0.3, 0.4) is 0 Å². The van der Waals surface area contributed by atoms with Crippen molar-refractivity contribution in [3.8, 4) is 11.5 Å². The van der Waals surface area contributed by atoms with Gasteiger partial charge in [-0.05, 0) is 68.1 Å². The predicted molar refractivity (Wildman–Crippen MR) is 136 cm³/mol. The summed E-state index contributed by atoms with van der Waals surface area (Å²) in [6, 6.07) is 7.78. The Hall–Kier alpha value is -2.70. The fraction of sp³-hybridized carbons (Fsp3) is 0.444. The van der Waals surface area contributed by atoms with Crippen molar-refractivity contribution in [3.63, 3.8) is 0 Å². The summed E-state index contributed by atoms with van der Waals surface area (Å²) < 4.78 is 13.7. The monoisotopic (exact) mass is 481 g/mol. The third kappa shape index (κ3) is 4.89. The van der Waals surface area contributed by atoms with Crippen LogP contribution >= 0.6 is 11.6 Å². The molecule has 2 aliphatic heterocycles. The van der Waals surface area contributed by atoms with Crippen LogP contribution in [0.15, 0.2) is 48.7 Å². The number of methoxy groups -OCH3 is 1. The fourth-order valence-corrected chi connectivity index (χ4v) is 5.12. The Morgan fingerprint density at radius 3 is 2.68 bits per heavy atom. The smallest absolute Gasteiger partial charge is 0.274 e. The molecule has 0 radical (unpaired) electrons. The van der Waals surface area contributed by atoms with Gasteiger partial charge in [0.1, 0.15) is 12.3 Å². The summed E-state index contributed by atoms with van der Waals surface area (Å²) >= 11 is 6.18. The van der Waals surface area contributed by atoms with Crippen LogP contribution in [0.25, 0.3) is 5.57 Å². The first-order valence-corrected chi connectivity index (χ1v) is 12.6. The maximum absolute atomic E-state index is 13.6. The first-order valence-electron chi connectivity index (χ1n) is 12.2. The highest BCUT2D eigenvalue weighted by atomic mass is 35.5. The molecule has 0 bridgehead atoms. The number of rotatable bonds is 7. The highest BCUT2D eigenvalue weighted by molar-refractivity contribution is 6.22. The van der Waals surface area contributed by atoms with Gasteiger partial charge in [-0.25, -0.2) is 0 Å². The largest absolute Gasteiger partial charge is 0.493 e. The van der Waals surface area contributed by atoms with E-state index in [9.17, 15) is 4.79 Å². The fourth-order valence-electron chi connectivity index (χ4n) is 4.96. The van der Waals surface area contributed by atoms with Crippen molar-refractivity contribution in [2.45, 2.75) is 37.6 Å². The minimum absolute atomic E-state index is 0.00381. The second kappa shape index (κ2) is 10.3. The number of benzene rings is 1. The molecule has 180 valence electrons. The first kappa shape index (κ1) is 23.1. The van der Waals surface area contributed by atoms with Crippen LogP contribution in [0.4, 0.5) is 5.69 Å². The van der Waals surface area contributed by atoms with Crippen molar-refractivity contribution in [2.24, 2.45) is 0 Å². The van der Waals surface area contributed by atoms with Gasteiger partial charge in [-0.3, -0.25) is 9.69 Å². The molecular weight excluding hydrogens is 450 g/mol. The molecule has 7 heteroatoms. The standard InChI is InChI=1S/C27H32ClN3O3/c1-33-26-18-23(9-10-25(26)34-16-15-29-11-2-3-12-29)31-14-4-13-30-19-21(17-24(30)27(31)32)20-5-7-22(28)8-6-20/h5-7,9-10,17-19,22H,2-4,8,11-16H2,1H3. The Morgan fingerprint density at radius 2 is 1.91 bits per heavy atom. The van der Waals surface area contributed by atoms with Crippen LogP contribution in [0.2, 0.25) is 0 Å². The van der Waals surface area contributed by atoms with Crippen molar-refractivity contribution in [1.82, 2.24) is 9.47 Å². The number of anilines is 1. The Balaban J connectivity index is 1.32. The number of hydrogen-bond acceptors (Lipinski definition) is 4. The summed E-state index contributed by atoms with van der Waals surface area (Å²) in [4.78, 5) is 17.8. The molecule has 5 rings (SSSR count). The summed E-state index contributed by atoms with van der Waals surface area (Å²) in [5.41, 5.74) is 3.71. The third-order valence-electron chi connectivity index (χ3n) is 6.85. The summed E-state index contributed by atoms with van der Waals surface area (Å²) in [6.07, 6.45) is 12.5. The van der Waals surface area contributed by atoms with Gasteiger partial charge >= 0.3 is 0 Å². The Morgan fingerprint density at radius 1 is 1.06 bits per heavy atom. The minimum atomic E-state index is 0.00381. The number of nitrogens with zero attached hydrogens (tertiary/aromatic N) is 3. The van der Waals surface area contributed by atoms with Gasteiger partial charge in [0.2, 0.25) is 0 Å². The number of likely N-dealkylation sites (tertiary alicyclic amines) is 1. The molecule has 34 heavy (non-hydrogen) atoms. The Kier molecular flexibility index (Phi) is 6.97. The average Bonchev–Trinajstić information content (AvgIpc) is 3.50. The van der Waals surface area contributed by atoms with E-state index in [1.807, 2.05) is 41.3 Å². The Bertz CT molecular complexity index is 1100. The molecular formula is C27H32ClN3O3. The molecule has 1 saturated heterocycles. The van der Waals surface area contributed by atoms with E-state index in [2.05, 4.69) is 21.7 Å². The number of halogens is 1. The van der Waals surface area contributed by atoms with Gasteiger partial charge in [0.05, 0.1) is 12.5 Å². The maximum atomic E-state index is 13.6. The van der Waals surface area contributed by atoms with Crippen LogP contribution in [0.5, 0.6) is 11.5 Å². The minimum Gasteiger partial charge on any atom is -0.493 e. The number of carbonyl (C=O) groups is 1. The second-order valence-corrected chi connectivity index (χ2v) is 9.68. The van der Waals surface area contributed by atoms with Crippen molar-refractivity contribution in [3.05, 3.63) is 59.9 Å². The summed E-state index contributed by atoms with van der Waals surface area (Å²) in [6.45, 7) is 5.32. The highest BCUT2D eigenvalue weighted by Gasteiger charge is 2.26. The van der Waals surface area contributed by atoms with E-state index in [0.29, 0.717) is 30.3 Å². The van der Waals surface area contributed by atoms with Crippen LogP contribution in [-0.2, 0) is 6.54 Å². The number of carbonyl (C=O) groups excluding carboxylic acids is 1. The zero-order valence-corrected chi connectivity index (χ0v) is 20.5. The molecule has 3 heterocycles. The molecule has 1 aromatic carbocycles. The molecule has 0 spiro atoms. The van der Waals surface area contributed by atoms with E-state index < -0.39 is 0 Å². The Labute approximate surface area is 206 Å². The SMILES string of the molecule is COc1cc(N2CCCn3cc(C4=CCC(Cl)C=C4)cc3C2=O)ccc1OCCN1CCCC1. The number of allylic oxidation sites excluding steroid dienone is 4. The molecule has 0 N–H and O–H groups in total. The zero-order valence-electron chi connectivity index (χ0n) is 19.7. The van der Waals surface area contributed by atoms with Gasteiger partial charge in [-0.1, -0.05) is 18.2 Å². The maximum Gasteiger partial charge on any atom is 0.274 e. The lowest BCUT2D eigenvalue weighted by atomic mass is 10.0. The molecule has 3 aliphatic rings. The van der Waals surface area contributed by atoms with Crippen molar-refractivity contribution in [2.75, 3.05) is 44.8 Å². The quantitative estimate of drug-likeness (QED) is 0.524. The highest BCUT2D eigenvalue weighted by Crippen LogP contribution is 2.34. The van der Waals surface area contributed by atoms with Crippen LogP contribution in [0.1, 0.15) is 41.7 Å². The number of alkyl halides is 1. The number of hydrogen-bond donors (Lipinski definition) is 0. The summed E-state index contributed by atoms with van der Waals surface area (Å²) in [5, 5.41) is 0.0449. The van der Waals surface area contributed by atoms with Gasteiger partial charge in [0.25, 0.3) is 5.91 Å². The molecule has 1 aromatic heterocycles. The van der Waals surface area contributed by atoms with Crippen molar-refractivity contribution < 1.29 is 14.3 Å². The molecule has 1 unspecified atom stereocenters. The molecule has 1 fully saturated rings. The van der Waals surface area contributed by atoms with Crippen molar-refractivity contribution >= 4 is 28.8 Å². The van der Waals surface area contributed by atoms with E-state index in [0.717, 1.165) is 55.8 Å². The van der Waals surface area contributed by atoms with Crippen molar-refractivity contribution in [1.29, 1.82) is 0 Å². The van der Waals surface area contributed by atoms with E-state index in [4.69, 9.17) is 21.1 Å². The van der Waals surface area contributed by atoms with Gasteiger partial charge in [0, 0.05) is 37.6 Å². The molecule has 1 aliphatic carbocycles. The molecule has 1 amide bonds. The van der Waals surface area contributed by atoms with E-state index in [1.165, 1.54) is 12.8 Å². The average molecular weight is 482 g/mol. The number of fused-ring (bicyclic) bond motifs is 1. The lowest BCUT2D eigenvalue weighted by molar-refractivity contribution is 0.0983. The number of aryl methyl sites for hydroxylation is 1. The second-order valence-electron chi connectivity index (χ2n) is 9.12. The number of ether oxygens (including phenoxy) is 2. The normalized spacial score (nSPS) is 20.8. The van der Waals surface area contributed by atoms with Gasteiger partial charge in [-0.2, -0.15) is 0 Å². The lowest BCUT2D eigenvalue weighted by Crippen LogP contribution is -2.31. The van der Waals surface area contributed by atoms with Gasteiger partial charge in [0.15, 0.2) is 11.5 Å². The first-order chi connectivity index (χ1) is 16.6. The molecule has 1 atom stereocenters. The molecule has 0 saturated carbocycles. The van der Waals surface area contributed by atoms with E-state index in [-0.39, 0.29) is 11.3 Å². The summed E-state index contributed by atoms with van der Waals surface area (Å²) in [5.74, 6) is 1.37. The third-order valence-corrected chi connectivity index (χ3v) is 7.17. The zero-order chi connectivity index (χ0) is 23.5. The van der Waals surface area contributed by atoms with Crippen LogP contribution in [0, 0.1) is 0 Å². The topological polar surface area (TPSA) is 46.9 Å². The predicted octanol–water partition coefficient (Wildman–Crippen LogP) is 4.97. The number of aromatic nitrogens is 1. The molecule has 2 aromatic rings. The van der Waals surface area contributed by atoms with Crippen LogP contribution < -0.4 is 14.4 Å². The lowest BCUT2D eigenvalue weighted by Gasteiger charge is -2.22. The van der Waals surface area contributed by atoms with Gasteiger partial charge < -0.3 is 18.9 Å². The molecule has 6 nitrogen and oxygen atoms in total. The summed E-state index contributed by atoms with van der Waals surface area (Å²) in [7, 11) is 1.64. The van der Waals surface area contributed by atoms with Gasteiger partial charge in [-0.15, -0.1) is 11.6 Å². The van der Waals surface area contributed by atoms with Crippen LogP contribution in [-0.4, -0.2) is 60.6 Å².